The highest BCUT2D eigenvalue weighted by atomic mass is 16.3. The fraction of sp³-hybridized carbons (Fsp3) is 0.0714. The summed E-state index contributed by atoms with van der Waals surface area (Å²) in [6.07, 6.45) is 0. The second-order valence-electron chi connectivity index (χ2n) is 4.09. The van der Waals surface area contributed by atoms with Crippen molar-refractivity contribution < 1.29 is 14.7 Å². The summed E-state index contributed by atoms with van der Waals surface area (Å²) in [5.74, 6) is -1.33. The minimum atomic E-state index is -0.467. The predicted octanol–water partition coefficient (Wildman–Crippen LogP) is 1.78. The van der Waals surface area contributed by atoms with E-state index in [4.69, 9.17) is 5.26 Å². The molecular formula is C14H11N3O3. The molecule has 2 aromatic rings. The van der Waals surface area contributed by atoms with Gasteiger partial charge in [0.15, 0.2) is 5.75 Å². The molecule has 0 bridgehead atoms. The number of H-pyrrole nitrogens is 1. The third kappa shape index (κ3) is 2.37. The average molecular weight is 269 g/mol. The molecule has 6 heteroatoms. The average Bonchev–Trinajstić information content (AvgIpc) is 2.74. The molecule has 2 rings (SSSR count). The molecule has 0 spiro atoms. The molecule has 20 heavy (non-hydrogen) atoms. The number of amides is 1. The standard InChI is InChI=1S/C14H11N3O3/c1-8(18)16-14-10(7-15)13(20)11(17-14)12(19)9-5-3-2-4-6-9/h2-6,17,20H,1H3,(H,16,18). The minimum absolute atomic E-state index is 0.0109. The molecular weight excluding hydrogens is 258 g/mol. The number of rotatable bonds is 3. The normalized spacial score (nSPS) is 9.80. The van der Waals surface area contributed by atoms with Crippen LogP contribution in [0.3, 0.4) is 0 Å². The number of ketones is 1. The molecule has 0 aliphatic heterocycles. The summed E-state index contributed by atoms with van der Waals surface area (Å²) in [7, 11) is 0. The van der Waals surface area contributed by atoms with Gasteiger partial charge in [0.05, 0.1) is 0 Å². The molecule has 0 radical (unpaired) electrons. The number of carbonyl (C=O) groups excluding carboxylic acids is 2. The molecule has 1 amide bonds. The lowest BCUT2D eigenvalue weighted by atomic mass is 10.1. The Labute approximate surface area is 114 Å². The van der Waals surface area contributed by atoms with E-state index in [1.54, 1.807) is 36.4 Å². The molecule has 0 saturated carbocycles. The van der Waals surface area contributed by atoms with Crippen molar-refractivity contribution in [3.8, 4) is 11.8 Å². The maximum atomic E-state index is 12.2. The first kappa shape index (κ1) is 13.4. The first-order chi connectivity index (χ1) is 9.54. The molecule has 1 aromatic carbocycles. The Hall–Kier alpha value is -3.07. The van der Waals surface area contributed by atoms with Crippen LogP contribution in [0.2, 0.25) is 0 Å². The van der Waals surface area contributed by atoms with E-state index < -0.39 is 17.4 Å². The molecule has 0 unspecified atom stereocenters. The summed E-state index contributed by atoms with van der Waals surface area (Å²) in [4.78, 5) is 25.8. The summed E-state index contributed by atoms with van der Waals surface area (Å²) in [6, 6.07) is 10.1. The van der Waals surface area contributed by atoms with Gasteiger partial charge < -0.3 is 15.4 Å². The Bertz CT molecular complexity index is 711. The third-order valence-corrected chi connectivity index (χ3v) is 2.65. The van der Waals surface area contributed by atoms with Crippen LogP contribution in [0.25, 0.3) is 0 Å². The van der Waals surface area contributed by atoms with Crippen LogP contribution in [0.5, 0.6) is 5.75 Å². The zero-order valence-electron chi connectivity index (χ0n) is 10.6. The van der Waals surface area contributed by atoms with Gasteiger partial charge in [-0.2, -0.15) is 5.26 Å². The number of benzene rings is 1. The van der Waals surface area contributed by atoms with Gasteiger partial charge in [-0.25, -0.2) is 0 Å². The number of anilines is 1. The van der Waals surface area contributed by atoms with E-state index in [1.165, 1.54) is 6.92 Å². The van der Waals surface area contributed by atoms with E-state index in [0.29, 0.717) is 5.56 Å². The van der Waals surface area contributed by atoms with Crippen molar-refractivity contribution in [2.75, 3.05) is 5.32 Å². The summed E-state index contributed by atoms with van der Waals surface area (Å²) < 4.78 is 0. The van der Waals surface area contributed by atoms with Crippen molar-refractivity contribution in [1.29, 1.82) is 5.26 Å². The second kappa shape index (κ2) is 5.28. The maximum absolute atomic E-state index is 12.2. The predicted molar refractivity (Wildman–Crippen MR) is 71.4 cm³/mol. The third-order valence-electron chi connectivity index (χ3n) is 2.65. The summed E-state index contributed by atoms with van der Waals surface area (Å²) in [6.45, 7) is 1.26. The number of carbonyl (C=O) groups is 2. The Morgan fingerprint density at radius 1 is 1.30 bits per heavy atom. The first-order valence-corrected chi connectivity index (χ1v) is 5.77. The largest absolute Gasteiger partial charge is 0.504 e. The van der Waals surface area contributed by atoms with Crippen molar-refractivity contribution in [2.24, 2.45) is 0 Å². The van der Waals surface area contributed by atoms with Gasteiger partial charge in [0.1, 0.15) is 23.1 Å². The molecule has 100 valence electrons. The van der Waals surface area contributed by atoms with E-state index in [1.807, 2.05) is 0 Å². The highest BCUT2D eigenvalue weighted by Gasteiger charge is 2.23. The van der Waals surface area contributed by atoms with E-state index in [0.717, 1.165) is 0 Å². The Morgan fingerprint density at radius 3 is 2.50 bits per heavy atom. The molecule has 3 N–H and O–H groups in total. The van der Waals surface area contributed by atoms with E-state index in [9.17, 15) is 14.7 Å². The highest BCUT2D eigenvalue weighted by Crippen LogP contribution is 2.30. The zero-order chi connectivity index (χ0) is 14.7. The maximum Gasteiger partial charge on any atom is 0.222 e. The van der Waals surface area contributed by atoms with Crippen LogP contribution in [0.1, 0.15) is 28.5 Å². The van der Waals surface area contributed by atoms with Gasteiger partial charge in [-0.05, 0) is 0 Å². The lowest BCUT2D eigenvalue weighted by molar-refractivity contribution is -0.114. The van der Waals surface area contributed by atoms with Crippen LogP contribution in [0, 0.1) is 11.3 Å². The van der Waals surface area contributed by atoms with Crippen molar-refractivity contribution in [2.45, 2.75) is 6.92 Å². The lowest BCUT2D eigenvalue weighted by Crippen LogP contribution is -2.08. The van der Waals surface area contributed by atoms with Crippen molar-refractivity contribution in [3.05, 3.63) is 47.2 Å². The van der Waals surface area contributed by atoms with Crippen LogP contribution >= 0.6 is 0 Å². The van der Waals surface area contributed by atoms with Gasteiger partial charge in [-0.3, -0.25) is 9.59 Å². The van der Waals surface area contributed by atoms with Gasteiger partial charge in [0.2, 0.25) is 11.7 Å². The number of hydrogen-bond acceptors (Lipinski definition) is 4. The van der Waals surface area contributed by atoms with E-state index in [2.05, 4.69) is 10.3 Å². The van der Waals surface area contributed by atoms with Crippen LogP contribution < -0.4 is 5.32 Å². The number of aromatic amines is 1. The Balaban J connectivity index is 2.48. The van der Waals surface area contributed by atoms with Gasteiger partial charge in [0, 0.05) is 12.5 Å². The summed E-state index contributed by atoms with van der Waals surface area (Å²) in [5.41, 5.74) is 0.0684. The summed E-state index contributed by atoms with van der Waals surface area (Å²) >= 11 is 0. The van der Waals surface area contributed by atoms with E-state index in [-0.39, 0.29) is 17.1 Å². The molecule has 1 aromatic heterocycles. The van der Waals surface area contributed by atoms with Crippen molar-refractivity contribution in [3.63, 3.8) is 0 Å². The molecule has 0 fully saturated rings. The van der Waals surface area contributed by atoms with Gasteiger partial charge >= 0.3 is 0 Å². The van der Waals surface area contributed by atoms with Crippen molar-refractivity contribution in [1.82, 2.24) is 4.98 Å². The van der Waals surface area contributed by atoms with Crippen LogP contribution in [0.15, 0.2) is 30.3 Å². The van der Waals surface area contributed by atoms with E-state index >= 15 is 0 Å². The van der Waals surface area contributed by atoms with Crippen molar-refractivity contribution >= 4 is 17.5 Å². The number of nitrogens with one attached hydrogen (secondary N) is 2. The van der Waals surface area contributed by atoms with Gasteiger partial charge in [0.25, 0.3) is 0 Å². The molecule has 6 nitrogen and oxygen atoms in total. The van der Waals surface area contributed by atoms with Gasteiger partial charge in [-0.15, -0.1) is 0 Å². The Morgan fingerprint density at radius 2 is 1.95 bits per heavy atom. The quantitative estimate of drug-likeness (QED) is 0.738. The molecule has 0 aliphatic carbocycles. The molecule has 0 saturated heterocycles. The summed E-state index contributed by atoms with van der Waals surface area (Å²) in [5, 5.41) is 21.3. The van der Waals surface area contributed by atoms with Crippen LogP contribution in [0.4, 0.5) is 5.82 Å². The molecule has 0 aliphatic rings. The molecule has 0 atom stereocenters. The number of hydrogen-bond donors (Lipinski definition) is 3. The van der Waals surface area contributed by atoms with Crippen LogP contribution in [-0.2, 0) is 4.79 Å². The fourth-order valence-corrected chi connectivity index (χ4v) is 1.77. The minimum Gasteiger partial charge on any atom is -0.504 e. The first-order valence-electron chi connectivity index (χ1n) is 5.77. The topological polar surface area (TPSA) is 106 Å². The SMILES string of the molecule is CC(=O)Nc1[nH]c(C(=O)c2ccccc2)c(O)c1C#N. The second-order valence-corrected chi connectivity index (χ2v) is 4.09. The zero-order valence-corrected chi connectivity index (χ0v) is 10.6. The Kier molecular flexibility index (Phi) is 3.53. The smallest absolute Gasteiger partial charge is 0.222 e. The number of nitrogens with zero attached hydrogens (tertiary/aromatic N) is 1. The number of aromatic nitrogens is 1. The number of nitriles is 1. The lowest BCUT2D eigenvalue weighted by Gasteiger charge is -1.99. The fourth-order valence-electron chi connectivity index (χ4n) is 1.77. The van der Waals surface area contributed by atoms with Gasteiger partial charge in [-0.1, -0.05) is 30.3 Å². The highest BCUT2D eigenvalue weighted by molar-refractivity contribution is 6.11. The number of aromatic hydroxyl groups is 1. The molecule has 1 heterocycles. The monoisotopic (exact) mass is 269 g/mol. The van der Waals surface area contributed by atoms with Crippen LogP contribution in [-0.4, -0.2) is 21.8 Å².